The third-order valence-corrected chi connectivity index (χ3v) is 18.9. The molecule has 9 rings (SSSR count). The Bertz CT molecular complexity index is 3240. The van der Waals surface area contributed by atoms with Crippen LogP contribution in [-0.4, -0.2) is 75.7 Å². The minimum Gasteiger partial charge on any atom is -0.263 e. The normalized spacial score (nSPS) is 14.2. The van der Waals surface area contributed by atoms with E-state index < -0.39 is 9.84 Å². The highest BCUT2D eigenvalue weighted by atomic mass is 32.2. The van der Waals surface area contributed by atoms with E-state index in [0.29, 0.717) is 17.4 Å². The molecule has 472 valence electrons. The van der Waals surface area contributed by atoms with Gasteiger partial charge in [-0.2, -0.15) is 10.2 Å². The SMILES string of the molecule is CC1=CC(C)=C(C)C1.CC1=NC(C)=C(C)C1.CC1CCS(=O)(=O)C1.Cc1c(C)c(C)c(C)c(C)c1C.Cc1nc(C)c(C)c(C)c1C.Cc1nc(C)c(C)c(C)n1.Cc1nc(C)c(C)nc1C.Cc1nc(C)nc(C)n1.Cc1nnc(C)c(C)c1C. The van der Waals surface area contributed by atoms with Crippen LogP contribution in [0.1, 0.15) is 215 Å². The minimum absolute atomic E-state index is 0.403. The summed E-state index contributed by atoms with van der Waals surface area (Å²) in [5.41, 5.74) is 35.5. The maximum atomic E-state index is 10.6. The standard InChI is InChI=1S/C12H18.C10H15N.3C8H12N2.C8H12.C7H11N.C6H9N3.C5H10O2S/c1-7-8(2)10(4)12(6)11(5)9(7)3;1-6-7(2)9(4)11-10(5)8(6)3;1-5-6(2)10-8(4)7(3)9-5;1-5-6(2)9-8(4)10-7(5)3;1-5-6(2)8(4)10-9-7(5)3;1-6-4-7(2)8(3)5-6;1-5-4-6(2)8-7(5)3;1-4-7-5(2)9-6(3)8-4;1-5-2-3-8(6,7)4-5/h1-6H3;1-5H3;3*1-4H3;4H,5H2,1-3H3;4H2,1-3H3;1-3H3;5H,2-4H2,1H3. The van der Waals surface area contributed by atoms with Crippen LogP contribution in [0.3, 0.4) is 0 Å². The molecule has 0 radical (unpaired) electrons. The molecule has 0 saturated carbocycles. The van der Waals surface area contributed by atoms with E-state index in [-0.39, 0.29) is 0 Å². The molecule has 7 heterocycles. The first-order valence-corrected chi connectivity index (χ1v) is 32.0. The lowest BCUT2D eigenvalue weighted by Gasteiger charge is -2.15. The Kier molecular flexibility index (Phi) is 31.8. The van der Waals surface area contributed by atoms with Gasteiger partial charge in [-0.05, 0) is 313 Å². The van der Waals surface area contributed by atoms with E-state index in [1.54, 1.807) is 0 Å². The first kappa shape index (κ1) is 77.5. The molecule has 6 aromatic rings. The second-order valence-electron chi connectivity index (χ2n) is 24.2. The number of nitrogens with zero attached hydrogens (tertiary/aromatic N) is 11. The Balaban J connectivity index is 0.000000485. The zero-order chi connectivity index (χ0) is 66.6. The van der Waals surface area contributed by atoms with E-state index in [0.717, 1.165) is 93.1 Å². The molecular weight excluding hydrogens is 1080 g/mol. The summed E-state index contributed by atoms with van der Waals surface area (Å²) >= 11 is 0. The molecule has 5 aromatic heterocycles. The van der Waals surface area contributed by atoms with Gasteiger partial charge in [-0.25, -0.2) is 33.3 Å². The lowest BCUT2D eigenvalue weighted by atomic mass is 9.90. The summed E-state index contributed by atoms with van der Waals surface area (Å²) in [7, 11) is -2.60. The van der Waals surface area contributed by atoms with Crippen LogP contribution in [0.2, 0.25) is 0 Å². The summed E-state index contributed by atoms with van der Waals surface area (Å²) in [5.74, 6) is 4.46. The van der Waals surface area contributed by atoms with Crippen molar-refractivity contribution in [2.24, 2.45) is 10.9 Å². The number of aliphatic imine (C=N–C) groups is 1. The molecule has 14 heteroatoms. The highest BCUT2D eigenvalue weighted by Gasteiger charge is 2.23. The Labute approximate surface area is 522 Å². The van der Waals surface area contributed by atoms with Crippen LogP contribution in [0, 0.1) is 186 Å². The molecular formula is C72H111N11O2S. The molecule has 1 saturated heterocycles. The molecule has 1 aliphatic carbocycles. The van der Waals surface area contributed by atoms with Gasteiger partial charge in [0, 0.05) is 40.6 Å². The third-order valence-electron chi connectivity index (χ3n) is 17.0. The number of benzene rings is 1. The second kappa shape index (κ2) is 35.3. The molecule has 13 nitrogen and oxygen atoms in total. The van der Waals surface area contributed by atoms with E-state index in [4.69, 9.17) is 0 Å². The number of aryl methyl sites for hydroxylation is 14. The van der Waals surface area contributed by atoms with Gasteiger partial charge in [-0.15, -0.1) is 0 Å². The van der Waals surface area contributed by atoms with Gasteiger partial charge in [0.1, 0.15) is 23.3 Å². The van der Waals surface area contributed by atoms with Crippen molar-refractivity contribution in [2.75, 3.05) is 11.5 Å². The molecule has 2 aliphatic heterocycles. The Morgan fingerprint density at radius 2 is 0.640 bits per heavy atom. The van der Waals surface area contributed by atoms with E-state index in [1.807, 2.05) is 96.9 Å². The Morgan fingerprint density at radius 3 is 0.860 bits per heavy atom. The average Bonchev–Trinajstić information content (AvgIpc) is 2.41. The largest absolute Gasteiger partial charge is 0.263 e. The summed E-state index contributed by atoms with van der Waals surface area (Å²) in [6.45, 7) is 68.2. The molecule has 0 bridgehead atoms. The smallest absolute Gasteiger partial charge is 0.150 e. The van der Waals surface area contributed by atoms with Crippen molar-refractivity contribution in [3.63, 3.8) is 0 Å². The summed E-state index contributed by atoms with van der Waals surface area (Å²) in [5, 5.41) is 7.98. The maximum Gasteiger partial charge on any atom is 0.150 e. The number of rotatable bonds is 0. The number of aromatic nitrogens is 10. The van der Waals surface area contributed by atoms with Crippen LogP contribution in [-0.2, 0) is 9.84 Å². The fourth-order valence-corrected chi connectivity index (χ4v) is 11.3. The molecule has 86 heavy (non-hydrogen) atoms. The van der Waals surface area contributed by atoms with Crippen LogP contribution in [0.25, 0.3) is 0 Å². The number of pyridine rings is 1. The third kappa shape index (κ3) is 25.4. The zero-order valence-electron chi connectivity index (χ0n) is 59.8. The topological polar surface area (TPSA) is 175 Å². The molecule has 1 atom stereocenters. The molecule has 0 amide bonds. The van der Waals surface area contributed by atoms with Crippen molar-refractivity contribution in [1.29, 1.82) is 0 Å². The second-order valence-corrected chi connectivity index (χ2v) is 26.4. The van der Waals surface area contributed by atoms with Crippen molar-refractivity contribution in [1.82, 2.24) is 50.1 Å². The first-order valence-electron chi connectivity index (χ1n) is 30.2. The van der Waals surface area contributed by atoms with Crippen LogP contribution in [0.4, 0.5) is 0 Å². The van der Waals surface area contributed by atoms with Crippen LogP contribution >= 0.6 is 0 Å². The van der Waals surface area contributed by atoms with Gasteiger partial charge in [-0.1, -0.05) is 29.7 Å². The van der Waals surface area contributed by atoms with E-state index >= 15 is 0 Å². The van der Waals surface area contributed by atoms with Crippen molar-refractivity contribution in [3.8, 4) is 0 Å². The van der Waals surface area contributed by atoms with Crippen molar-refractivity contribution >= 4 is 15.5 Å². The number of allylic oxidation sites excluding steroid dienone is 6. The van der Waals surface area contributed by atoms with Crippen molar-refractivity contribution < 1.29 is 8.42 Å². The average molecular weight is 1190 g/mol. The highest BCUT2D eigenvalue weighted by Crippen LogP contribution is 2.26. The summed E-state index contributed by atoms with van der Waals surface area (Å²) in [6, 6.07) is 0. The fourth-order valence-electron chi connectivity index (χ4n) is 9.33. The summed E-state index contributed by atoms with van der Waals surface area (Å²) in [6.07, 6.45) is 5.41. The predicted octanol–water partition coefficient (Wildman–Crippen LogP) is 17.3. The summed E-state index contributed by atoms with van der Waals surface area (Å²) < 4.78 is 21.3. The van der Waals surface area contributed by atoms with Gasteiger partial charge in [-0.3, -0.25) is 19.9 Å². The first-order chi connectivity index (χ1) is 39.5. The van der Waals surface area contributed by atoms with Gasteiger partial charge in [0.05, 0.1) is 45.7 Å². The van der Waals surface area contributed by atoms with Gasteiger partial charge >= 0.3 is 0 Å². The minimum atomic E-state index is -2.60. The van der Waals surface area contributed by atoms with Crippen LogP contribution in [0.5, 0.6) is 0 Å². The fraction of sp³-hybridized carbons (Fsp3) is 0.542. The number of sulfone groups is 1. The Morgan fingerprint density at radius 1 is 0.337 bits per heavy atom. The van der Waals surface area contributed by atoms with Gasteiger partial charge < -0.3 is 0 Å². The lowest BCUT2D eigenvalue weighted by Crippen LogP contribution is -2.01. The molecule has 1 unspecified atom stereocenters. The lowest BCUT2D eigenvalue weighted by molar-refractivity contribution is 0.599. The molecule has 0 N–H and O–H groups in total. The maximum absolute atomic E-state index is 10.6. The van der Waals surface area contributed by atoms with Crippen LogP contribution < -0.4 is 0 Å². The molecule has 3 aliphatic rings. The van der Waals surface area contributed by atoms with E-state index in [9.17, 15) is 8.42 Å². The van der Waals surface area contributed by atoms with Gasteiger partial charge in [0.2, 0.25) is 0 Å². The molecule has 1 fully saturated rings. The number of hydrogen-bond acceptors (Lipinski definition) is 13. The van der Waals surface area contributed by atoms with Crippen LogP contribution in [0.15, 0.2) is 39.1 Å². The molecule has 1 aromatic carbocycles. The zero-order valence-corrected chi connectivity index (χ0v) is 60.7. The van der Waals surface area contributed by atoms with E-state index in [2.05, 4.69) is 193 Å². The van der Waals surface area contributed by atoms with Gasteiger partial charge in [0.15, 0.2) is 9.84 Å². The predicted molar refractivity (Wildman–Crippen MR) is 365 cm³/mol. The molecule has 0 spiro atoms. The van der Waals surface area contributed by atoms with Gasteiger partial charge in [0.25, 0.3) is 0 Å². The highest BCUT2D eigenvalue weighted by molar-refractivity contribution is 7.91. The van der Waals surface area contributed by atoms with Crippen molar-refractivity contribution in [2.45, 2.75) is 248 Å². The number of hydrogen-bond donors (Lipinski definition) is 0. The monoisotopic (exact) mass is 1190 g/mol. The Hall–Kier alpha value is -6.54. The van der Waals surface area contributed by atoms with E-state index in [1.165, 1.54) is 107 Å². The summed E-state index contributed by atoms with van der Waals surface area (Å²) in [4.78, 5) is 37.8. The quantitative estimate of drug-likeness (QED) is 0.141. The van der Waals surface area contributed by atoms with Crippen molar-refractivity contribution in [3.05, 3.63) is 181 Å².